The molecule has 1 aliphatic rings. The number of nitrogens with one attached hydrogen (secondary N) is 1. The fraction of sp³-hybridized carbons (Fsp3) is 0.636. The van der Waals surface area contributed by atoms with Gasteiger partial charge >= 0.3 is 0 Å². The number of halogens is 2. The lowest BCUT2D eigenvalue weighted by Crippen LogP contribution is -2.40. The molecule has 2 rings (SSSR count). The molecule has 1 atom stereocenters. The Morgan fingerprint density at radius 3 is 3.00 bits per heavy atom. The summed E-state index contributed by atoms with van der Waals surface area (Å²) in [5, 5.41) is 3.81. The molecule has 6 heteroatoms. The fourth-order valence-corrected chi connectivity index (χ4v) is 2.45. The van der Waals surface area contributed by atoms with Crippen LogP contribution in [0.15, 0.2) is 10.8 Å². The van der Waals surface area contributed by atoms with Crippen LogP contribution in [0.2, 0.25) is 5.15 Å². The molecule has 0 radical (unpaired) electrons. The standard InChI is InChI=1S/C11H15BrClN3O/c1-11(2)5-7(3-4-17-11)16-10-8(12)9(13)14-6-15-10/h6-7H,3-5H2,1-2H3,(H,14,15,16). The second-order valence-corrected chi connectivity index (χ2v) is 5.92. The first-order chi connectivity index (χ1) is 7.98. The number of anilines is 1. The molecule has 0 bridgehead atoms. The number of aromatic nitrogens is 2. The zero-order valence-electron chi connectivity index (χ0n) is 9.83. The molecule has 1 N–H and O–H groups in total. The summed E-state index contributed by atoms with van der Waals surface area (Å²) in [6.07, 6.45) is 3.37. The van der Waals surface area contributed by atoms with E-state index in [9.17, 15) is 0 Å². The Bertz CT molecular complexity index is 414. The van der Waals surface area contributed by atoms with Crippen LogP contribution >= 0.6 is 27.5 Å². The summed E-state index contributed by atoms with van der Waals surface area (Å²) in [4.78, 5) is 8.09. The van der Waals surface area contributed by atoms with Gasteiger partial charge in [0.1, 0.15) is 17.3 Å². The van der Waals surface area contributed by atoms with E-state index in [2.05, 4.69) is 45.1 Å². The minimum absolute atomic E-state index is 0.0841. The molecule has 0 aliphatic carbocycles. The highest BCUT2D eigenvalue weighted by atomic mass is 79.9. The van der Waals surface area contributed by atoms with Gasteiger partial charge in [0.25, 0.3) is 0 Å². The van der Waals surface area contributed by atoms with Gasteiger partial charge in [-0.25, -0.2) is 9.97 Å². The monoisotopic (exact) mass is 319 g/mol. The van der Waals surface area contributed by atoms with Crippen LogP contribution < -0.4 is 5.32 Å². The quantitative estimate of drug-likeness (QED) is 0.850. The maximum Gasteiger partial charge on any atom is 0.148 e. The summed E-state index contributed by atoms with van der Waals surface area (Å²) in [5.74, 6) is 0.743. The van der Waals surface area contributed by atoms with Gasteiger partial charge < -0.3 is 10.1 Å². The van der Waals surface area contributed by atoms with E-state index in [0.29, 0.717) is 15.7 Å². The Morgan fingerprint density at radius 1 is 1.53 bits per heavy atom. The van der Waals surface area contributed by atoms with Crippen molar-refractivity contribution in [1.82, 2.24) is 9.97 Å². The predicted octanol–water partition coefficient (Wildman–Crippen LogP) is 3.26. The Kier molecular flexibility index (Phi) is 3.90. The topological polar surface area (TPSA) is 47.0 Å². The third-order valence-corrected chi connectivity index (χ3v) is 4.05. The van der Waals surface area contributed by atoms with Crippen LogP contribution in [0, 0.1) is 0 Å². The second-order valence-electron chi connectivity index (χ2n) is 4.77. The zero-order valence-corrected chi connectivity index (χ0v) is 12.2. The lowest BCUT2D eigenvalue weighted by Gasteiger charge is -2.36. The molecule has 17 heavy (non-hydrogen) atoms. The Labute approximate surface area is 114 Å². The average molecular weight is 321 g/mol. The van der Waals surface area contributed by atoms with Crippen LogP contribution in [-0.4, -0.2) is 28.2 Å². The smallest absolute Gasteiger partial charge is 0.148 e. The highest BCUT2D eigenvalue weighted by molar-refractivity contribution is 9.10. The zero-order chi connectivity index (χ0) is 12.5. The van der Waals surface area contributed by atoms with Gasteiger partial charge in [0, 0.05) is 12.6 Å². The van der Waals surface area contributed by atoms with Crippen LogP contribution in [0.5, 0.6) is 0 Å². The summed E-state index contributed by atoms with van der Waals surface area (Å²) in [5.41, 5.74) is -0.0841. The van der Waals surface area contributed by atoms with E-state index >= 15 is 0 Å². The van der Waals surface area contributed by atoms with E-state index in [4.69, 9.17) is 16.3 Å². The molecule has 1 fully saturated rings. The molecule has 1 unspecified atom stereocenters. The van der Waals surface area contributed by atoms with Crippen molar-refractivity contribution in [3.8, 4) is 0 Å². The van der Waals surface area contributed by atoms with Crippen LogP contribution in [-0.2, 0) is 4.74 Å². The van der Waals surface area contributed by atoms with Gasteiger partial charge in [0.05, 0.1) is 10.1 Å². The van der Waals surface area contributed by atoms with E-state index in [1.807, 2.05) is 0 Å². The van der Waals surface area contributed by atoms with Gasteiger partial charge in [-0.3, -0.25) is 0 Å². The van der Waals surface area contributed by atoms with E-state index in [-0.39, 0.29) is 5.60 Å². The molecule has 1 aliphatic heterocycles. The largest absolute Gasteiger partial charge is 0.375 e. The minimum atomic E-state index is -0.0841. The SMILES string of the molecule is CC1(C)CC(Nc2ncnc(Cl)c2Br)CCO1. The van der Waals surface area contributed by atoms with Crippen LogP contribution in [0.4, 0.5) is 5.82 Å². The fourth-order valence-electron chi connectivity index (χ4n) is 2.00. The Hall–Kier alpha value is -0.390. The summed E-state index contributed by atoms with van der Waals surface area (Å²) < 4.78 is 6.39. The number of rotatable bonds is 2. The number of nitrogens with zero attached hydrogens (tertiary/aromatic N) is 2. The lowest BCUT2D eigenvalue weighted by molar-refractivity contribution is -0.0553. The van der Waals surface area contributed by atoms with Crippen molar-refractivity contribution in [2.75, 3.05) is 11.9 Å². The molecule has 0 amide bonds. The highest BCUT2D eigenvalue weighted by Crippen LogP contribution is 2.30. The van der Waals surface area contributed by atoms with Gasteiger partial charge in [0.2, 0.25) is 0 Å². The molecular weight excluding hydrogens is 305 g/mol. The van der Waals surface area contributed by atoms with Crippen molar-refractivity contribution in [3.05, 3.63) is 16.0 Å². The van der Waals surface area contributed by atoms with Gasteiger partial charge in [-0.1, -0.05) is 11.6 Å². The number of hydrogen-bond acceptors (Lipinski definition) is 4. The molecule has 1 aromatic heterocycles. The lowest BCUT2D eigenvalue weighted by atomic mass is 9.94. The molecule has 0 saturated carbocycles. The van der Waals surface area contributed by atoms with Gasteiger partial charge in [-0.05, 0) is 42.6 Å². The first kappa shape index (κ1) is 13.1. The number of hydrogen-bond donors (Lipinski definition) is 1. The van der Waals surface area contributed by atoms with Crippen molar-refractivity contribution in [1.29, 1.82) is 0 Å². The highest BCUT2D eigenvalue weighted by Gasteiger charge is 2.29. The summed E-state index contributed by atoms with van der Waals surface area (Å²) >= 11 is 9.31. The van der Waals surface area contributed by atoms with Crippen molar-refractivity contribution < 1.29 is 4.74 Å². The third-order valence-electron chi connectivity index (χ3n) is 2.78. The second kappa shape index (κ2) is 5.08. The Morgan fingerprint density at radius 2 is 2.29 bits per heavy atom. The van der Waals surface area contributed by atoms with Crippen molar-refractivity contribution in [3.63, 3.8) is 0 Å². The molecule has 1 aromatic rings. The maximum absolute atomic E-state index is 5.92. The van der Waals surface area contributed by atoms with Crippen molar-refractivity contribution in [2.45, 2.75) is 38.3 Å². The van der Waals surface area contributed by atoms with Crippen molar-refractivity contribution in [2.24, 2.45) is 0 Å². The third kappa shape index (κ3) is 3.30. The van der Waals surface area contributed by atoms with Crippen LogP contribution in [0.3, 0.4) is 0 Å². The van der Waals surface area contributed by atoms with E-state index in [0.717, 1.165) is 25.3 Å². The molecule has 0 spiro atoms. The molecular formula is C11H15BrClN3O. The summed E-state index contributed by atoms with van der Waals surface area (Å²) in [6.45, 7) is 4.97. The first-order valence-electron chi connectivity index (χ1n) is 5.54. The normalized spacial score (nSPS) is 23.4. The maximum atomic E-state index is 5.92. The number of ether oxygens (including phenoxy) is 1. The first-order valence-corrected chi connectivity index (χ1v) is 6.71. The van der Waals surface area contributed by atoms with Gasteiger partial charge in [0.15, 0.2) is 0 Å². The predicted molar refractivity (Wildman–Crippen MR) is 71.4 cm³/mol. The average Bonchev–Trinajstić information content (AvgIpc) is 2.23. The molecule has 1 saturated heterocycles. The molecule has 4 nitrogen and oxygen atoms in total. The van der Waals surface area contributed by atoms with E-state index in [1.54, 1.807) is 0 Å². The molecule has 2 heterocycles. The Balaban J connectivity index is 2.08. The van der Waals surface area contributed by atoms with E-state index < -0.39 is 0 Å². The van der Waals surface area contributed by atoms with Crippen LogP contribution in [0.25, 0.3) is 0 Å². The molecule has 94 valence electrons. The van der Waals surface area contributed by atoms with Crippen LogP contribution in [0.1, 0.15) is 26.7 Å². The summed E-state index contributed by atoms with van der Waals surface area (Å²) in [7, 11) is 0. The van der Waals surface area contributed by atoms with Gasteiger partial charge in [-0.15, -0.1) is 0 Å². The van der Waals surface area contributed by atoms with E-state index in [1.165, 1.54) is 6.33 Å². The van der Waals surface area contributed by atoms with Gasteiger partial charge in [-0.2, -0.15) is 0 Å². The molecule has 0 aromatic carbocycles. The van der Waals surface area contributed by atoms with Crippen molar-refractivity contribution >= 4 is 33.3 Å². The summed E-state index contributed by atoms with van der Waals surface area (Å²) in [6, 6.07) is 0.348. The minimum Gasteiger partial charge on any atom is -0.375 e.